The van der Waals surface area contributed by atoms with Gasteiger partial charge in [0.05, 0.1) is 11.3 Å². The lowest BCUT2D eigenvalue weighted by Crippen LogP contribution is -2.29. The standard InChI is InChI=1S/C13H12N2O/c14-13(16)11-7-10-4-1-3-9-5-2-6-15(8-11)12(9)10/h1-3,5,7-8H,4,6H2,(H2,14,16). The molecule has 0 aromatic heterocycles. The van der Waals surface area contributed by atoms with Crippen molar-refractivity contribution in [2.24, 2.45) is 5.73 Å². The van der Waals surface area contributed by atoms with Gasteiger partial charge in [-0.05, 0) is 23.6 Å². The number of allylic oxidation sites excluding steroid dienone is 5. The Morgan fingerprint density at radius 3 is 2.94 bits per heavy atom. The molecular weight excluding hydrogens is 200 g/mol. The molecule has 16 heavy (non-hydrogen) atoms. The van der Waals surface area contributed by atoms with Gasteiger partial charge in [0.1, 0.15) is 0 Å². The summed E-state index contributed by atoms with van der Waals surface area (Å²) in [6.45, 7) is 0.806. The van der Waals surface area contributed by atoms with E-state index in [1.54, 1.807) is 0 Å². The Bertz CT molecular complexity index is 514. The molecule has 0 unspecified atom stereocenters. The molecule has 0 saturated carbocycles. The highest BCUT2D eigenvalue weighted by molar-refractivity contribution is 5.95. The van der Waals surface area contributed by atoms with Crippen molar-refractivity contribution >= 4 is 5.91 Å². The number of carbonyl (C=O) groups is 1. The van der Waals surface area contributed by atoms with Crippen LogP contribution in [0.4, 0.5) is 0 Å². The minimum atomic E-state index is -0.364. The van der Waals surface area contributed by atoms with Crippen LogP contribution in [0.15, 0.2) is 59.0 Å². The molecule has 0 bridgehead atoms. The smallest absolute Gasteiger partial charge is 0.250 e. The van der Waals surface area contributed by atoms with Crippen LogP contribution in [0.25, 0.3) is 0 Å². The molecule has 3 rings (SSSR count). The topological polar surface area (TPSA) is 46.3 Å². The SMILES string of the molecule is NC(=O)C1=CN2CC=CC3=C2C(=C1)CC=C3. The molecule has 0 aromatic carbocycles. The molecular formula is C13H12N2O. The minimum absolute atomic E-state index is 0.364. The van der Waals surface area contributed by atoms with Crippen LogP contribution in [-0.4, -0.2) is 17.4 Å². The lowest BCUT2D eigenvalue weighted by molar-refractivity contribution is -0.114. The van der Waals surface area contributed by atoms with Gasteiger partial charge in [-0.25, -0.2) is 0 Å². The molecule has 2 heterocycles. The van der Waals surface area contributed by atoms with E-state index in [-0.39, 0.29) is 5.91 Å². The molecule has 2 aliphatic heterocycles. The fourth-order valence-corrected chi connectivity index (χ4v) is 2.32. The quantitative estimate of drug-likeness (QED) is 0.713. The van der Waals surface area contributed by atoms with Crippen molar-refractivity contribution < 1.29 is 4.79 Å². The number of nitrogens with two attached hydrogens (primary N) is 1. The lowest BCUT2D eigenvalue weighted by atomic mass is 9.90. The molecule has 1 aliphatic carbocycles. The summed E-state index contributed by atoms with van der Waals surface area (Å²) in [7, 11) is 0. The molecule has 2 N–H and O–H groups in total. The van der Waals surface area contributed by atoms with E-state index in [1.807, 2.05) is 12.3 Å². The van der Waals surface area contributed by atoms with Gasteiger partial charge in [-0.15, -0.1) is 0 Å². The van der Waals surface area contributed by atoms with E-state index in [9.17, 15) is 4.79 Å². The first-order chi connectivity index (χ1) is 7.75. The molecule has 0 saturated heterocycles. The molecule has 3 aliphatic rings. The van der Waals surface area contributed by atoms with E-state index >= 15 is 0 Å². The normalized spacial score (nSPS) is 21.6. The van der Waals surface area contributed by atoms with Crippen molar-refractivity contribution in [1.29, 1.82) is 0 Å². The first kappa shape index (κ1) is 9.21. The van der Waals surface area contributed by atoms with Gasteiger partial charge >= 0.3 is 0 Å². The number of primary amides is 1. The third kappa shape index (κ3) is 1.25. The van der Waals surface area contributed by atoms with Crippen molar-refractivity contribution in [1.82, 2.24) is 4.90 Å². The average Bonchev–Trinajstić information content (AvgIpc) is 2.29. The summed E-state index contributed by atoms with van der Waals surface area (Å²) >= 11 is 0. The molecule has 0 fully saturated rings. The highest BCUT2D eigenvalue weighted by atomic mass is 16.1. The van der Waals surface area contributed by atoms with Crippen LogP contribution in [-0.2, 0) is 4.79 Å². The Balaban J connectivity index is 2.14. The van der Waals surface area contributed by atoms with Gasteiger partial charge in [0.25, 0.3) is 0 Å². The van der Waals surface area contributed by atoms with E-state index in [2.05, 4.69) is 29.2 Å². The van der Waals surface area contributed by atoms with E-state index in [0.717, 1.165) is 13.0 Å². The summed E-state index contributed by atoms with van der Waals surface area (Å²) in [6.07, 6.45) is 13.1. The third-order valence-electron chi connectivity index (χ3n) is 3.01. The molecule has 0 radical (unpaired) electrons. The van der Waals surface area contributed by atoms with Crippen molar-refractivity contribution in [3.8, 4) is 0 Å². The highest BCUT2D eigenvalue weighted by Crippen LogP contribution is 2.34. The Morgan fingerprint density at radius 1 is 1.31 bits per heavy atom. The Kier molecular flexibility index (Phi) is 1.86. The molecule has 0 aromatic rings. The van der Waals surface area contributed by atoms with Crippen molar-refractivity contribution in [3.63, 3.8) is 0 Å². The number of rotatable bonds is 1. The van der Waals surface area contributed by atoms with Crippen molar-refractivity contribution in [2.75, 3.05) is 6.54 Å². The van der Waals surface area contributed by atoms with Gasteiger partial charge in [-0.1, -0.05) is 24.3 Å². The summed E-state index contributed by atoms with van der Waals surface area (Å²) < 4.78 is 0. The van der Waals surface area contributed by atoms with Crippen LogP contribution < -0.4 is 5.73 Å². The third-order valence-corrected chi connectivity index (χ3v) is 3.01. The molecule has 3 heteroatoms. The maximum Gasteiger partial charge on any atom is 0.250 e. The van der Waals surface area contributed by atoms with Crippen molar-refractivity contribution in [3.05, 3.63) is 59.0 Å². The Morgan fingerprint density at radius 2 is 2.12 bits per heavy atom. The molecule has 3 nitrogen and oxygen atoms in total. The van der Waals surface area contributed by atoms with Gasteiger partial charge in [-0.2, -0.15) is 0 Å². The summed E-state index contributed by atoms with van der Waals surface area (Å²) in [6, 6.07) is 0. The van der Waals surface area contributed by atoms with Gasteiger partial charge in [0.15, 0.2) is 0 Å². The van der Waals surface area contributed by atoms with Crippen LogP contribution in [0.2, 0.25) is 0 Å². The summed E-state index contributed by atoms with van der Waals surface area (Å²) in [5.74, 6) is -0.364. The highest BCUT2D eigenvalue weighted by Gasteiger charge is 2.24. The molecule has 1 amide bonds. The van der Waals surface area contributed by atoms with Crippen LogP contribution in [0.5, 0.6) is 0 Å². The second-order valence-corrected chi connectivity index (χ2v) is 4.08. The maximum atomic E-state index is 11.2. The largest absolute Gasteiger partial charge is 0.366 e. The van der Waals surface area contributed by atoms with Crippen LogP contribution in [0, 0.1) is 0 Å². The van der Waals surface area contributed by atoms with Crippen LogP contribution >= 0.6 is 0 Å². The van der Waals surface area contributed by atoms with Gasteiger partial charge < -0.3 is 10.6 Å². The molecule has 0 atom stereocenters. The summed E-state index contributed by atoms with van der Waals surface area (Å²) in [4.78, 5) is 13.3. The van der Waals surface area contributed by atoms with E-state index in [4.69, 9.17) is 5.73 Å². The number of amides is 1. The van der Waals surface area contributed by atoms with Gasteiger partial charge in [-0.3, -0.25) is 4.79 Å². The zero-order chi connectivity index (χ0) is 11.1. The fraction of sp³-hybridized carbons (Fsp3) is 0.154. The average molecular weight is 212 g/mol. The first-order valence-electron chi connectivity index (χ1n) is 5.32. The summed E-state index contributed by atoms with van der Waals surface area (Å²) in [5, 5.41) is 0. The maximum absolute atomic E-state index is 11.2. The van der Waals surface area contributed by atoms with Gasteiger partial charge in [0.2, 0.25) is 5.91 Å². The fourth-order valence-electron chi connectivity index (χ4n) is 2.32. The van der Waals surface area contributed by atoms with Crippen LogP contribution in [0.3, 0.4) is 0 Å². The number of carbonyl (C=O) groups excluding carboxylic acids is 1. The second-order valence-electron chi connectivity index (χ2n) is 4.08. The number of hydrogen-bond acceptors (Lipinski definition) is 2. The number of nitrogens with zero attached hydrogens (tertiary/aromatic N) is 1. The monoisotopic (exact) mass is 212 g/mol. The molecule has 80 valence electrons. The van der Waals surface area contributed by atoms with E-state index < -0.39 is 0 Å². The predicted molar refractivity (Wildman–Crippen MR) is 62.0 cm³/mol. The Hall–Kier alpha value is -2.03. The van der Waals surface area contributed by atoms with Gasteiger partial charge in [0, 0.05) is 12.7 Å². The van der Waals surface area contributed by atoms with Crippen LogP contribution in [0.1, 0.15) is 6.42 Å². The van der Waals surface area contributed by atoms with Crippen molar-refractivity contribution in [2.45, 2.75) is 6.42 Å². The first-order valence-corrected chi connectivity index (χ1v) is 5.32. The van der Waals surface area contributed by atoms with E-state index in [1.165, 1.54) is 16.8 Å². The zero-order valence-electron chi connectivity index (χ0n) is 8.81. The number of hydrogen-bond donors (Lipinski definition) is 1. The minimum Gasteiger partial charge on any atom is -0.366 e. The summed E-state index contributed by atoms with van der Waals surface area (Å²) in [5.41, 5.74) is 9.52. The molecule has 0 spiro atoms. The lowest BCUT2D eigenvalue weighted by Gasteiger charge is -2.33. The van der Waals surface area contributed by atoms with E-state index in [0.29, 0.717) is 5.57 Å². The second kappa shape index (κ2) is 3.23. The Labute approximate surface area is 93.9 Å². The predicted octanol–water partition coefficient (Wildman–Crippen LogP) is 1.38. The zero-order valence-corrected chi connectivity index (χ0v) is 8.81.